The number of benzene rings is 2. The van der Waals surface area contributed by atoms with Crippen molar-refractivity contribution < 1.29 is 14.0 Å². The first-order chi connectivity index (χ1) is 13.0. The molecule has 0 fully saturated rings. The van der Waals surface area contributed by atoms with Gasteiger partial charge in [0.2, 0.25) is 0 Å². The van der Waals surface area contributed by atoms with Crippen LogP contribution in [0.4, 0.5) is 10.1 Å². The molecule has 0 unspecified atom stereocenters. The summed E-state index contributed by atoms with van der Waals surface area (Å²) in [5, 5.41) is 4.18. The third kappa shape index (κ3) is 2.68. The highest BCUT2D eigenvalue weighted by molar-refractivity contribution is 6.09. The smallest absolute Gasteiger partial charge is 0.277 e. The average Bonchev–Trinajstić information content (AvgIpc) is 3.04. The van der Waals surface area contributed by atoms with Crippen molar-refractivity contribution in [3.05, 3.63) is 76.9 Å². The summed E-state index contributed by atoms with van der Waals surface area (Å²) >= 11 is 0. The predicted octanol–water partition coefficient (Wildman–Crippen LogP) is 2.62. The number of amides is 2. The van der Waals surface area contributed by atoms with E-state index in [0.29, 0.717) is 18.5 Å². The van der Waals surface area contributed by atoms with Crippen LogP contribution in [0.1, 0.15) is 32.1 Å². The third-order valence-corrected chi connectivity index (χ3v) is 4.74. The standard InChI is InChI=1S/C20H17FN4O2/c1-12-6-2-4-8-15(12)24-11-10-13-17(19(22)26)23-25(18(13)20(24)27)16-9-5-3-7-14(16)21/h2-9H,10-11H2,1H3,(H2,22,26). The second-order valence-electron chi connectivity index (χ2n) is 6.40. The van der Waals surface area contributed by atoms with E-state index in [9.17, 15) is 14.0 Å². The molecule has 136 valence electrons. The lowest BCUT2D eigenvalue weighted by Gasteiger charge is -2.29. The van der Waals surface area contributed by atoms with E-state index in [2.05, 4.69) is 5.10 Å². The molecule has 0 bridgehead atoms. The van der Waals surface area contributed by atoms with Gasteiger partial charge >= 0.3 is 0 Å². The van der Waals surface area contributed by atoms with Crippen molar-refractivity contribution in [2.75, 3.05) is 11.4 Å². The molecule has 2 heterocycles. The number of para-hydroxylation sites is 2. The van der Waals surface area contributed by atoms with Crippen molar-refractivity contribution in [1.29, 1.82) is 0 Å². The predicted molar refractivity (Wildman–Crippen MR) is 98.6 cm³/mol. The SMILES string of the molecule is Cc1ccccc1N1CCc2c(C(N)=O)nn(-c3ccccc3F)c2C1=O. The maximum absolute atomic E-state index is 14.4. The fourth-order valence-corrected chi connectivity index (χ4v) is 3.45. The van der Waals surface area contributed by atoms with E-state index in [1.165, 1.54) is 16.8 Å². The van der Waals surface area contributed by atoms with E-state index in [4.69, 9.17) is 5.73 Å². The molecule has 1 aromatic heterocycles. The van der Waals surface area contributed by atoms with E-state index < -0.39 is 11.7 Å². The number of rotatable bonds is 3. The molecule has 0 atom stereocenters. The summed E-state index contributed by atoms with van der Waals surface area (Å²) in [6.07, 6.45) is 0.405. The summed E-state index contributed by atoms with van der Waals surface area (Å²) in [4.78, 5) is 26.8. The number of aryl methyl sites for hydroxylation is 1. The normalized spacial score (nSPS) is 13.6. The molecule has 2 amide bonds. The second kappa shape index (κ2) is 6.35. The molecule has 1 aliphatic heterocycles. The molecule has 1 aliphatic rings. The number of anilines is 1. The molecule has 0 radical (unpaired) electrons. The van der Waals surface area contributed by atoms with Gasteiger partial charge in [0.25, 0.3) is 11.8 Å². The molecule has 4 rings (SSSR count). The second-order valence-corrected chi connectivity index (χ2v) is 6.40. The van der Waals surface area contributed by atoms with Gasteiger partial charge < -0.3 is 10.6 Å². The zero-order valence-corrected chi connectivity index (χ0v) is 14.6. The Kier molecular flexibility index (Phi) is 3.99. The average molecular weight is 364 g/mol. The summed E-state index contributed by atoms with van der Waals surface area (Å²) in [6.45, 7) is 2.31. The van der Waals surface area contributed by atoms with E-state index in [0.717, 1.165) is 11.3 Å². The topological polar surface area (TPSA) is 81.2 Å². The summed E-state index contributed by atoms with van der Waals surface area (Å²) in [6, 6.07) is 13.5. The van der Waals surface area contributed by atoms with Crippen LogP contribution in [0.2, 0.25) is 0 Å². The molecule has 0 saturated carbocycles. The highest BCUT2D eigenvalue weighted by atomic mass is 19.1. The van der Waals surface area contributed by atoms with Crippen molar-refractivity contribution in [1.82, 2.24) is 9.78 Å². The highest BCUT2D eigenvalue weighted by Crippen LogP contribution is 2.30. The molecule has 3 aromatic rings. The van der Waals surface area contributed by atoms with E-state index in [1.807, 2.05) is 31.2 Å². The van der Waals surface area contributed by atoms with Crippen LogP contribution in [0.3, 0.4) is 0 Å². The number of carbonyl (C=O) groups is 2. The number of halogens is 1. The maximum atomic E-state index is 14.4. The van der Waals surface area contributed by atoms with Crippen LogP contribution in [0.25, 0.3) is 5.69 Å². The maximum Gasteiger partial charge on any atom is 0.277 e. The Hall–Kier alpha value is -3.48. The van der Waals surface area contributed by atoms with Crippen LogP contribution < -0.4 is 10.6 Å². The minimum atomic E-state index is -0.738. The van der Waals surface area contributed by atoms with Crippen molar-refractivity contribution >= 4 is 17.5 Å². The van der Waals surface area contributed by atoms with Gasteiger partial charge in [-0.15, -0.1) is 0 Å². The molecule has 2 N–H and O–H groups in total. The van der Waals surface area contributed by atoms with Crippen molar-refractivity contribution in [3.8, 4) is 5.69 Å². The Morgan fingerprint density at radius 3 is 2.44 bits per heavy atom. The van der Waals surface area contributed by atoms with Gasteiger partial charge in [-0.2, -0.15) is 5.10 Å². The number of aromatic nitrogens is 2. The van der Waals surface area contributed by atoms with Crippen LogP contribution in [-0.2, 0) is 6.42 Å². The first-order valence-corrected chi connectivity index (χ1v) is 8.53. The van der Waals surface area contributed by atoms with E-state index >= 15 is 0 Å². The minimum Gasteiger partial charge on any atom is -0.364 e. The Morgan fingerprint density at radius 2 is 1.78 bits per heavy atom. The van der Waals surface area contributed by atoms with Crippen molar-refractivity contribution in [2.24, 2.45) is 5.73 Å². The van der Waals surface area contributed by atoms with E-state index in [-0.39, 0.29) is 23.0 Å². The number of carbonyl (C=O) groups excluding carboxylic acids is 2. The molecular weight excluding hydrogens is 347 g/mol. The molecule has 0 spiro atoms. The number of primary amides is 1. The molecule has 0 aliphatic carbocycles. The Labute approximate surface area is 155 Å². The largest absolute Gasteiger partial charge is 0.364 e. The zero-order chi connectivity index (χ0) is 19.1. The molecular formula is C20H17FN4O2. The van der Waals surface area contributed by atoms with Crippen LogP contribution in [0, 0.1) is 12.7 Å². The van der Waals surface area contributed by atoms with Crippen LogP contribution >= 0.6 is 0 Å². The molecule has 7 heteroatoms. The van der Waals surface area contributed by atoms with Crippen LogP contribution in [0.5, 0.6) is 0 Å². The Balaban J connectivity index is 1.91. The first kappa shape index (κ1) is 17.0. The number of nitrogens with two attached hydrogens (primary N) is 1. The van der Waals surface area contributed by atoms with Crippen LogP contribution in [0.15, 0.2) is 48.5 Å². The van der Waals surface area contributed by atoms with Gasteiger partial charge in [-0.3, -0.25) is 9.59 Å². The van der Waals surface area contributed by atoms with Crippen LogP contribution in [-0.4, -0.2) is 28.1 Å². The molecule has 2 aromatic carbocycles. The lowest BCUT2D eigenvalue weighted by molar-refractivity contribution is 0.0972. The highest BCUT2D eigenvalue weighted by Gasteiger charge is 2.35. The summed E-state index contributed by atoms with van der Waals surface area (Å²) in [5.74, 6) is -1.62. The Bertz CT molecular complexity index is 1070. The summed E-state index contributed by atoms with van der Waals surface area (Å²) < 4.78 is 15.6. The van der Waals surface area contributed by atoms with Crippen molar-refractivity contribution in [3.63, 3.8) is 0 Å². The van der Waals surface area contributed by atoms with E-state index in [1.54, 1.807) is 17.0 Å². The molecule has 0 saturated heterocycles. The Morgan fingerprint density at radius 1 is 1.11 bits per heavy atom. The van der Waals surface area contributed by atoms with Gasteiger partial charge in [-0.1, -0.05) is 30.3 Å². The lowest BCUT2D eigenvalue weighted by Crippen LogP contribution is -2.39. The van der Waals surface area contributed by atoms with Gasteiger partial charge in [0, 0.05) is 17.8 Å². The van der Waals surface area contributed by atoms with Gasteiger partial charge in [-0.05, 0) is 37.1 Å². The van der Waals surface area contributed by atoms with Gasteiger partial charge in [0.1, 0.15) is 17.2 Å². The number of fused-ring (bicyclic) bond motifs is 1. The fraction of sp³-hybridized carbons (Fsp3) is 0.150. The summed E-state index contributed by atoms with van der Waals surface area (Å²) in [5.41, 5.74) is 7.90. The van der Waals surface area contributed by atoms with Gasteiger partial charge in [-0.25, -0.2) is 9.07 Å². The van der Waals surface area contributed by atoms with Gasteiger partial charge in [0.05, 0.1) is 0 Å². The van der Waals surface area contributed by atoms with Gasteiger partial charge in [0.15, 0.2) is 5.69 Å². The number of hydrogen-bond acceptors (Lipinski definition) is 3. The summed E-state index contributed by atoms with van der Waals surface area (Å²) in [7, 11) is 0. The molecule has 6 nitrogen and oxygen atoms in total. The quantitative estimate of drug-likeness (QED) is 0.776. The monoisotopic (exact) mass is 364 g/mol. The molecule has 27 heavy (non-hydrogen) atoms. The minimum absolute atomic E-state index is 0.00559. The fourth-order valence-electron chi connectivity index (χ4n) is 3.45. The number of hydrogen-bond donors (Lipinski definition) is 1. The number of nitrogens with zero attached hydrogens (tertiary/aromatic N) is 3. The zero-order valence-electron chi connectivity index (χ0n) is 14.6. The lowest BCUT2D eigenvalue weighted by atomic mass is 10.0. The third-order valence-electron chi connectivity index (χ3n) is 4.74. The van der Waals surface area contributed by atoms with Crippen molar-refractivity contribution in [2.45, 2.75) is 13.3 Å². The first-order valence-electron chi connectivity index (χ1n) is 8.53.